The van der Waals surface area contributed by atoms with E-state index >= 15 is 0 Å². The predicted molar refractivity (Wildman–Crippen MR) is 144 cm³/mol. The van der Waals surface area contributed by atoms with E-state index in [-0.39, 0.29) is 37.2 Å². The molecular weight excluding hydrogens is 506 g/mol. The molecule has 1 aliphatic rings. The molecule has 204 valence electrons. The van der Waals surface area contributed by atoms with Crippen molar-refractivity contribution in [3.8, 4) is 16.2 Å². The number of aliphatic hydroxyl groups excluding tert-OH is 1. The van der Waals surface area contributed by atoms with Gasteiger partial charge in [0.1, 0.15) is 30.1 Å². The Morgan fingerprint density at radius 3 is 2.74 bits per heavy atom. The van der Waals surface area contributed by atoms with E-state index in [1.807, 2.05) is 39.0 Å². The van der Waals surface area contributed by atoms with Gasteiger partial charge in [-0.05, 0) is 31.4 Å². The first kappa shape index (κ1) is 27.7. The van der Waals surface area contributed by atoms with Crippen LogP contribution in [0.2, 0.25) is 0 Å². The van der Waals surface area contributed by atoms with Gasteiger partial charge in [-0.1, -0.05) is 31.1 Å². The lowest BCUT2D eigenvalue weighted by Gasteiger charge is -2.28. The van der Waals surface area contributed by atoms with Crippen LogP contribution in [-0.4, -0.2) is 63.8 Å². The summed E-state index contributed by atoms with van der Waals surface area (Å²) >= 11 is 1.55. The summed E-state index contributed by atoms with van der Waals surface area (Å²) in [5.74, 6) is -0.195. The van der Waals surface area contributed by atoms with Crippen LogP contribution in [0.25, 0.3) is 10.4 Å². The summed E-state index contributed by atoms with van der Waals surface area (Å²) in [5, 5.41) is 17.2. The van der Waals surface area contributed by atoms with Gasteiger partial charge in [-0.3, -0.25) is 9.59 Å². The van der Waals surface area contributed by atoms with E-state index in [0.717, 1.165) is 21.7 Å². The Balaban J connectivity index is 1.50. The Morgan fingerprint density at radius 2 is 2.11 bits per heavy atom. The monoisotopic (exact) mass is 541 g/mol. The van der Waals surface area contributed by atoms with Crippen LogP contribution in [0.5, 0.6) is 5.75 Å². The second kappa shape index (κ2) is 12.1. The maximum absolute atomic E-state index is 13.6. The van der Waals surface area contributed by atoms with Gasteiger partial charge in [0.25, 0.3) is 0 Å². The minimum Gasteiger partial charge on any atom is -0.492 e. The van der Waals surface area contributed by atoms with Crippen LogP contribution in [0, 0.1) is 19.8 Å². The van der Waals surface area contributed by atoms with E-state index in [2.05, 4.69) is 15.5 Å². The summed E-state index contributed by atoms with van der Waals surface area (Å²) in [4.78, 5) is 33.7. The van der Waals surface area contributed by atoms with Crippen LogP contribution in [0.4, 0.5) is 0 Å². The van der Waals surface area contributed by atoms with Gasteiger partial charge in [0.05, 0.1) is 27.9 Å². The standard InChI is InChI=1S/C27H35N5O5S/c1-15(2)24(23-9-16(3)31-37-23)27(35)32-13-20(33)11-21(32)26(34)29-12-19-6-5-18(10-22(19)36-8-7-28)25-17(4)30-14-38-25/h5-6,9-10,14-15,20-21,24,33H,7-8,11-13,28H2,1-4H3,(H,29,34)/t20-,21+,24-/m1/s1. The molecule has 1 fully saturated rings. The first-order valence-electron chi connectivity index (χ1n) is 12.7. The molecule has 0 bridgehead atoms. The number of hydrogen-bond donors (Lipinski definition) is 3. The van der Waals surface area contributed by atoms with Crippen molar-refractivity contribution in [3.63, 3.8) is 0 Å². The Morgan fingerprint density at radius 1 is 1.32 bits per heavy atom. The number of aromatic nitrogens is 2. The van der Waals surface area contributed by atoms with E-state index in [9.17, 15) is 14.7 Å². The van der Waals surface area contributed by atoms with Crippen LogP contribution in [-0.2, 0) is 16.1 Å². The smallest absolute Gasteiger partial charge is 0.243 e. The summed E-state index contributed by atoms with van der Waals surface area (Å²) in [5.41, 5.74) is 10.8. The van der Waals surface area contributed by atoms with Gasteiger partial charge >= 0.3 is 0 Å². The number of likely N-dealkylation sites (tertiary alicyclic amines) is 1. The number of ether oxygens (including phenoxy) is 1. The molecule has 0 saturated carbocycles. The molecule has 4 N–H and O–H groups in total. The number of carbonyl (C=O) groups excluding carboxylic acids is 2. The first-order valence-corrected chi connectivity index (χ1v) is 13.6. The average Bonchev–Trinajstić information content (AvgIpc) is 3.61. The zero-order valence-electron chi connectivity index (χ0n) is 22.1. The number of nitrogens with one attached hydrogen (secondary N) is 1. The van der Waals surface area contributed by atoms with Crippen molar-refractivity contribution in [2.75, 3.05) is 19.7 Å². The third-order valence-electron chi connectivity index (χ3n) is 6.65. The number of aliphatic hydroxyl groups is 1. The lowest BCUT2D eigenvalue weighted by Crippen LogP contribution is -2.48. The van der Waals surface area contributed by atoms with Crippen molar-refractivity contribution in [2.45, 2.75) is 58.7 Å². The molecule has 11 heteroatoms. The highest BCUT2D eigenvalue weighted by atomic mass is 32.1. The molecule has 2 aromatic heterocycles. The molecule has 4 rings (SSSR count). The zero-order chi connectivity index (χ0) is 27.4. The maximum Gasteiger partial charge on any atom is 0.243 e. The molecule has 1 saturated heterocycles. The number of rotatable bonds is 10. The fourth-order valence-electron chi connectivity index (χ4n) is 4.77. The Bertz CT molecular complexity index is 1270. The molecule has 1 aliphatic heterocycles. The second-order valence-corrected chi connectivity index (χ2v) is 10.8. The summed E-state index contributed by atoms with van der Waals surface area (Å²) < 4.78 is 11.3. The third-order valence-corrected chi connectivity index (χ3v) is 7.63. The molecule has 0 spiro atoms. The number of aryl methyl sites for hydroxylation is 2. The van der Waals surface area contributed by atoms with Crippen LogP contribution < -0.4 is 15.8 Å². The molecule has 0 aliphatic carbocycles. The Hall–Kier alpha value is -3.28. The largest absolute Gasteiger partial charge is 0.492 e. The minimum atomic E-state index is -0.796. The number of β-amino-alcohol motifs (C(OH)–C–C–N with tert-alkyl or cyclic N) is 1. The van der Waals surface area contributed by atoms with Crippen LogP contribution >= 0.6 is 11.3 Å². The SMILES string of the molecule is Cc1cc([C@H](C(=O)N2C[C@H](O)C[C@H]2C(=O)NCc2ccc(-c3scnc3C)cc2OCCN)C(C)C)on1. The molecule has 3 aromatic rings. The van der Waals surface area contributed by atoms with Crippen molar-refractivity contribution in [3.05, 3.63) is 52.5 Å². The molecular formula is C27H35N5O5S. The van der Waals surface area contributed by atoms with Crippen molar-refractivity contribution >= 4 is 23.2 Å². The highest BCUT2D eigenvalue weighted by molar-refractivity contribution is 7.13. The molecule has 3 heterocycles. The Labute approximate surface area is 226 Å². The number of benzene rings is 1. The zero-order valence-corrected chi connectivity index (χ0v) is 23.0. The normalized spacial score (nSPS) is 18.1. The summed E-state index contributed by atoms with van der Waals surface area (Å²) in [6.07, 6.45) is -0.623. The van der Waals surface area contributed by atoms with Gasteiger partial charge in [0.15, 0.2) is 0 Å². The third kappa shape index (κ3) is 6.06. The molecule has 1 aromatic carbocycles. The van der Waals surface area contributed by atoms with Gasteiger partial charge < -0.3 is 30.3 Å². The van der Waals surface area contributed by atoms with Crippen molar-refractivity contribution < 1.29 is 24.0 Å². The average molecular weight is 542 g/mol. The van der Waals surface area contributed by atoms with Crippen molar-refractivity contribution in [1.29, 1.82) is 0 Å². The second-order valence-electron chi connectivity index (χ2n) is 9.93. The van der Waals surface area contributed by atoms with E-state index in [4.69, 9.17) is 15.0 Å². The number of nitrogens with zero attached hydrogens (tertiary/aromatic N) is 3. The van der Waals surface area contributed by atoms with Crippen molar-refractivity contribution in [1.82, 2.24) is 20.4 Å². The van der Waals surface area contributed by atoms with Gasteiger partial charge in [-0.25, -0.2) is 4.98 Å². The predicted octanol–water partition coefficient (Wildman–Crippen LogP) is 2.77. The molecule has 0 radical (unpaired) electrons. The maximum atomic E-state index is 13.6. The van der Waals surface area contributed by atoms with Crippen LogP contribution in [0.1, 0.15) is 48.9 Å². The summed E-state index contributed by atoms with van der Waals surface area (Å²) in [6.45, 7) is 8.56. The number of thiazole rings is 1. The fraction of sp³-hybridized carbons (Fsp3) is 0.481. The summed E-state index contributed by atoms with van der Waals surface area (Å²) in [7, 11) is 0. The highest BCUT2D eigenvalue weighted by Crippen LogP contribution is 2.33. The van der Waals surface area contributed by atoms with E-state index in [0.29, 0.717) is 30.4 Å². The number of amides is 2. The minimum absolute atomic E-state index is 0.0840. The van der Waals surface area contributed by atoms with Crippen LogP contribution in [0.15, 0.2) is 34.3 Å². The Kier molecular flexibility index (Phi) is 8.80. The highest BCUT2D eigenvalue weighted by Gasteiger charge is 2.43. The quantitative estimate of drug-likeness (QED) is 0.355. The fourth-order valence-corrected chi connectivity index (χ4v) is 5.58. The molecule has 0 unspecified atom stereocenters. The van der Waals surface area contributed by atoms with Gasteiger partial charge in [-0.2, -0.15) is 0 Å². The lowest BCUT2D eigenvalue weighted by molar-refractivity contribution is -0.141. The molecule has 3 atom stereocenters. The first-order chi connectivity index (χ1) is 18.2. The van der Waals surface area contributed by atoms with E-state index in [1.165, 1.54) is 4.90 Å². The van der Waals surface area contributed by atoms with E-state index < -0.39 is 18.1 Å². The number of nitrogens with two attached hydrogens (primary N) is 1. The number of carbonyl (C=O) groups is 2. The molecule has 10 nitrogen and oxygen atoms in total. The topological polar surface area (TPSA) is 144 Å². The molecule has 2 amide bonds. The van der Waals surface area contributed by atoms with Gasteiger partial charge in [0.2, 0.25) is 11.8 Å². The summed E-state index contributed by atoms with van der Waals surface area (Å²) in [6, 6.07) is 6.76. The molecule has 38 heavy (non-hydrogen) atoms. The van der Waals surface area contributed by atoms with Gasteiger partial charge in [-0.15, -0.1) is 11.3 Å². The van der Waals surface area contributed by atoms with Crippen LogP contribution in [0.3, 0.4) is 0 Å². The van der Waals surface area contributed by atoms with E-state index in [1.54, 1.807) is 29.8 Å². The van der Waals surface area contributed by atoms with Crippen molar-refractivity contribution in [2.24, 2.45) is 11.7 Å². The van der Waals surface area contributed by atoms with Gasteiger partial charge in [0, 0.05) is 37.7 Å². The number of hydrogen-bond acceptors (Lipinski definition) is 9. The lowest BCUT2D eigenvalue weighted by atomic mass is 9.91.